The van der Waals surface area contributed by atoms with E-state index >= 15 is 0 Å². The van der Waals surface area contributed by atoms with Crippen LogP contribution in [0.4, 0.5) is 0 Å². The lowest BCUT2D eigenvalue weighted by Crippen LogP contribution is -2.29. The SMILES string of the molecule is COC(=O)C[C@@H](c1ccc(OC)c(OCCc2ccc3c(c2)CCO3)c1)c1c(O)cc(C)n(CCc2ccc(O)c(O)c2)c1=O. The third kappa shape index (κ3) is 7.01. The van der Waals surface area contributed by atoms with Crippen LogP contribution in [0.5, 0.6) is 34.5 Å². The van der Waals surface area contributed by atoms with Crippen molar-refractivity contribution in [3.05, 3.63) is 105 Å². The topological polar surface area (TPSA) is 137 Å². The summed E-state index contributed by atoms with van der Waals surface area (Å²) in [7, 11) is 2.81. The van der Waals surface area contributed by atoms with Gasteiger partial charge in [-0.15, -0.1) is 0 Å². The Balaban J connectivity index is 1.44. The van der Waals surface area contributed by atoms with Crippen LogP contribution in [0.25, 0.3) is 0 Å². The molecule has 3 aromatic carbocycles. The quantitative estimate of drug-likeness (QED) is 0.152. The summed E-state index contributed by atoms with van der Waals surface area (Å²) in [6, 6.07) is 17.3. The number of aromatic hydroxyl groups is 3. The largest absolute Gasteiger partial charge is 0.507 e. The first-order valence-corrected chi connectivity index (χ1v) is 14.7. The maximum absolute atomic E-state index is 14.0. The van der Waals surface area contributed by atoms with E-state index in [1.807, 2.05) is 12.1 Å². The van der Waals surface area contributed by atoms with Gasteiger partial charge in [0.05, 0.1) is 39.4 Å². The van der Waals surface area contributed by atoms with Crippen molar-refractivity contribution in [3.63, 3.8) is 0 Å². The fourth-order valence-corrected chi connectivity index (χ4v) is 5.67. The van der Waals surface area contributed by atoms with Crippen LogP contribution in [0, 0.1) is 6.92 Å². The second-order valence-electron chi connectivity index (χ2n) is 11.0. The Kier molecular flexibility index (Phi) is 9.51. The molecule has 0 saturated heterocycles. The highest BCUT2D eigenvalue weighted by atomic mass is 16.5. The normalized spacial score (nSPS) is 12.7. The summed E-state index contributed by atoms with van der Waals surface area (Å²) in [5.41, 5.74) is 3.70. The van der Waals surface area contributed by atoms with E-state index in [2.05, 4.69) is 6.07 Å². The predicted molar refractivity (Wildman–Crippen MR) is 167 cm³/mol. The number of rotatable bonds is 12. The van der Waals surface area contributed by atoms with Gasteiger partial charge in [-0.1, -0.05) is 24.3 Å². The van der Waals surface area contributed by atoms with Crippen LogP contribution in [-0.2, 0) is 35.3 Å². The highest BCUT2D eigenvalue weighted by molar-refractivity contribution is 5.72. The van der Waals surface area contributed by atoms with Gasteiger partial charge in [-0.05, 0) is 72.0 Å². The number of carbonyl (C=O) groups excluding carboxylic acids is 1. The molecule has 0 spiro atoms. The van der Waals surface area contributed by atoms with E-state index in [4.69, 9.17) is 18.9 Å². The molecule has 1 aromatic heterocycles. The number of aryl methyl sites for hydroxylation is 2. The molecule has 4 aromatic rings. The number of fused-ring (bicyclic) bond motifs is 1. The maximum atomic E-state index is 14.0. The average Bonchev–Trinajstić information content (AvgIpc) is 3.50. The summed E-state index contributed by atoms with van der Waals surface area (Å²) in [6.07, 6.45) is 1.71. The highest BCUT2D eigenvalue weighted by Crippen LogP contribution is 2.37. The van der Waals surface area contributed by atoms with Crippen molar-refractivity contribution in [1.29, 1.82) is 0 Å². The van der Waals surface area contributed by atoms with Gasteiger partial charge in [0.2, 0.25) is 0 Å². The Morgan fingerprint density at radius 1 is 0.911 bits per heavy atom. The van der Waals surface area contributed by atoms with Gasteiger partial charge < -0.3 is 38.8 Å². The van der Waals surface area contributed by atoms with E-state index in [1.54, 1.807) is 31.2 Å². The molecule has 1 atom stereocenters. The van der Waals surface area contributed by atoms with E-state index in [0.29, 0.717) is 54.4 Å². The molecule has 0 aliphatic carbocycles. The molecule has 3 N–H and O–H groups in total. The lowest BCUT2D eigenvalue weighted by Gasteiger charge is -2.22. The zero-order valence-electron chi connectivity index (χ0n) is 25.5. The van der Waals surface area contributed by atoms with E-state index < -0.39 is 17.4 Å². The Morgan fingerprint density at radius 2 is 1.69 bits per heavy atom. The van der Waals surface area contributed by atoms with Crippen LogP contribution in [0.2, 0.25) is 0 Å². The molecule has 0 fully saturated rings. The van der Waals surface area contributed by atoms with E-state index in [0.717, 1.165) is 17.7 Å². The summed E-state index contributed by atoms with van der Waals surface area (Å²) in [6.45, 7) is 2.99. The van der Waals surface area contributed by atoms with Crippen molar-refractivity contribution in [2.24, 2.45) is 0 Å². The molecule has 0 radical (unpaired) electrons. The number of hydrogen-bond acceptors (Lipinski definition) is 9. The van der Waals surface area contributed by atoms with Crippen molar-refractivity contribution >= 4 is 5.97 Å². The molecule has 0 amide bonds. The number of nitrogens with zero attached hydrogens (tertiary/aromatic N) is 1. The standard InChI is InChI=1S/C35H37NO9/c1-21-16-29(39)34(35(41)36(21)13-10-22-4-7-27(37)28(38)18-22)26(20-33(40)43-3)24-6-9-31(42-2)32(19-24)45-14-11-23-5-8-30-25(17-23)12-15-44-30/h4-9,16-19,26,37-39H,10-15,20H2,1-3H3/t26-/m0/s1. The summed E-state index contributed by atoms with van der Waals surface area (Å²) in [5.74, 6) is -0.267. The van der Waals surface area contributed by atoms with Gasteiger partial charge in [-0.25, -0.2) is 0 Å². The molecule has 2 heterocycles. The third-order valence-corrected chi connectivity index (χ3v) is 8.13. The van der Waals surface area contributed by atoms with Crippen LogP contribution in [-0.4, -0.2) is 53.3 Å². The van der Waals surface area contributed by atoms with Gasteiger partial charge in [0, 0.05) is 31.0 Å². The summed E-state index contributed by atoms with van der Waals surface area (Å²) in [4.78, 5) is 26.6. The number of phenolic OH excluding ortho intramolecular Hbond substituents is 2. The van der Waals surface area contributed by atoms with Crippen LogP contribution >= 0.6 is 0 Å². The van der Waals surface area contributed by atoms with Crippen LogP contribution in [0.15, 0.2) is 65.5 Å². The molecule has 1 aliphatic rings. The third-order valence-electron chi connectivity index (χ3n) is 8.13. The minimum atomic E-state index is -0.848. The smallest absolute Gasteiger partial charge is 0.306 e. The molecule has 5 rings (SSSR count). The van der Waals surface area contributed by atoms with Crippen molar-refractivity contribution in [1.82, 2.24) is 4.57 Å². The Hall–Kier alpha value is -5.12. The first kappa shape index (κ1) is 31.3. The fraction of sp³-hybridized carbons (Fsp3) is 0.314. The van der Waals surface area contributed by atoms with E-state index in [-0.39, 0.29) is 35.8 Å². The molecule has 10 nitrogen and oxygen atoms in total. The van der Waals surface area contributed by atoms with Crippen molar-refractivity contribution in [2.75, 3.05) is 27.4 Å². The number of phenols is 2. The number of methoxy groups -OCH3 is 2. The summed E-state index contributed by atoms with van der Waals surface area (Å²) in [5, 5.41) is 30.6. The van der Waals surface area contributed by atoms with E-state index in [9.17, 15) is 24.9 Å². The zero-order chi connectivity index (χ0) is 32.1. The molecule has 1 aliphatic heterocycles. The first-order valence-electron chi connectivity index (χ1n) is 14.7. The van der Waals surface area contributed by atoms with Crippen molar-refractivity contribution in [2.45, 2.75) is 45.1 Å². The summed E-state index contributed by atoms with van der Waals surface area (Å²) < 4.78 is 23.8. The summed E-state index contributed by atoms with van der Waals surface area (Å²) >= 11 is 0. The molecule has 0 unspecified atom stereocenters. The van der Waals surface area contributed by atoms with Gasteiger partial charge in [-0.3, -0.25) is 9.59 Å². The van der Waals surface area contributed by atoms with Crippen LogP contribution in [0.1, 0.15) is 45.8 Å². The lowest BCUT2D eigenvalue weighted by atomic mass is 9.88. The van der Waals surface area contributed by atoms with Gasteiger partial charge in [0.25, 0.3) is 5.56 Å². The second kappa shape index (κ2) is 13.7. The molecule has 10 heteroatoms. The first-order chi connectivity index (χ1) is 21.7. The monoisotopic (exact) mass is 615 g/mol. The Morgan fingerprint density at radius 3 is 2.44 bits per heavy atom. The minimum Gasteiger partial charge on any atom is -0.507 e. The van der Waals surface area contributed by atoms with Crippen molar-refractivity contribution in [3.8, 4) is 34.5 Å². The van der Waals surface area contributed by atoms with Crippen LogP contribution in [0.3, 0.4) is 0 Å². The molecule has 45 heavy (non-hydrogen) atoms. The number of hydrogen-bond donors (Lipinski definition) is 3. The lowest BCUT2D eigenvalue weighted by molar-refractivity contribution is -0.140. The molecule has 236 valence electrons. The van der Waals surface area contributed by atoms with Gasteiger partial charge in [0.15, 0.2) is 23.0 Å². The molecule has 0 saturated carbocycles. The van der Waals surface area contributed by atoms with Crippen LogP contribution < -0.4 is 19.8 Å². The number of aromatic nitrogens is 1. The zero-order valence-corrected chi connectivity index (χ0v) is 25.5. The number of pyridine rings is 1. The molecular formula is C35H37NO9. The number of ether oxygens (including phenoxy) is 4. The molecular weight excluding hydrogens is 578 g/mol. The van der Waals surface area contributed by atoms with Gasteiger partial charge >= 0.3 is 5.97 Å². The predicted octanol–water partition coefficient (Wildman–Crippen LogP) is 4.78. The van der Waals surface area contributed by atoms with E-state index in [1.165, 1.54) is 42.5 Å². The minimum absolute atomic E-state index is 0.0519. The second-order valence-corrected chi connectivity index (χ2v) is 11.0. The number of benzene rings is 3. The highest BCUT2D eigenvalue weighted by Gasteiger charge is 2.28. The number of carbonyl (C=O) groups is 1. The average molecular weight is 616 g/mol. The fourth-order valence-electron chi connectivity index (χ4n) is 5.67. The Labute approximate surface area is 261 Å². The van der Waals surface area contributed by atoms with Crippen molar-refractivity contribution < 1.29 is 39.1 Å². The number of esters is 1. The Bertz CT molecular complexity index is 1760. The molecule has 0 bridgehead atoms. The van der Waals surface area contributed by atoms with Gasteiger partial charge in [-0.2, -0.15) is 0 Å². The van der Waals surface area contributed by atoms with Gasteiger partial charge in [0.1, 0.15) is 11.5 Å². The maximum Gasteiger partial charge on any atom is 0.306 e.